The Morgan fingerprint density at radius 2 is 1.87 bits per heavy atom. The van der Waals surface area contributed by atoms with Gasteiger partial charge >= 0.3 is 0 Å². The van der Waals surface area contributed by atoms with E-state index in [1.165, 1.54) is 7.05 Å². The molecule has 0 bridgehead atoms. The van der Waals surface area contributed by atoms with Crippen molar-refractivity contribution < 1.29 is 8.42 Å². The summed E-state index contributed by atoms with van der Waals surface area (Å²) in [6.07, 6.45) is 0. The van der Waals surface area contributed by atoms with Crippen LogP contribution in [0.4, 0.5) is 5.69 Å². The van der Waals surface area contributed by atoms with Gasteiger partial charge in [-0.15, -0.1) is 0 Å². The topological polar surface area (TPSA) is 58.2 Å². The standard InChI is InChI=1S/C9H13BrN2O2S/c1-6-4-7(2)9(8(10)5-6)12-15(13,14)11-3/h4-5,11-12H,1-3H3. The molecule has 0 heterocycles. The van der Waals surface area contributed by atoms with Crippen molar-refractivity contribution in [3.05, 3.63) is 27.7 Å². The van der Waals surface area contributed by atoms with E-state index >= 15 is 0 Å². The van der Waals surface area contributed by atoms with Crippen molar-refractivity contribution in [1.82, 2.24) is 4.72 Å². The van der Waals surface area contributed by atoms with E-state index < -0.39 is 10.2 Å². The van der Waals surface area contributed by atoms with Gasteiger partial charge < -0.3 is 0 Å². The van der Waals surface area contributed by atoms with E-state index in [1.54, 1.807) is 0 Å². The summed E-state index contributed by atoms with van der Waals surface area (Å²) in [4.78, 5) is 0. The molecule has 0 spiro atoms. The first-order valence-electron chi connectivity index (χ1n) is 4.34. The minimum absolute atomic E-state index is 0.565. The molecule has 0 unspecified atom stereocenters. The Morgan fingerprint density at radius 1 is 1.27 bits per heavy atom. The Morgan fingerprint density at radius 3 is 2.33 bits per heavy atom. The zero-order valence-electron chi connectivity index (χ0n) is 8.76. The second kappa shape index (κ2) is 4.51. The number of rotatable bonds is 3. The number of benzene rings is 1. The first-order chi connectivity index (χ1) is 6.85. The third-order valence-corrected chi connectivity index (χ3v) is 3.57. The maximum Gasteiger partial charge on any atom is 0.298 e. The second-order valence-corrected chi connectivity index (χ2v) is 5.72. The largest absolute Gasteiger partial charge is 0.298 e. The maximum atomic E-state index is 11.3. The Hall–Kier alpha value is -0.590. The molecule has 84 valence electrons. The fourth-order valence-corrected chi connectivity index (χ4v) is 2.78. The van der Waals surface area contributed by atoms with E-state index in [9.17, 15) is 8.42 Å². The number of anilines is 1. The molecule has 4 nitrogen and oxygen atoms in total. The molecule has 6 heteroatoms. The molecule has 15 heavy (non-hydrogen) atoms. The van der Waals surface area contributed by atoms with Gasteiger partial charge in [0.15, 0.2) is 0 Å². The molecule has 0 saturated heterocycles. The van der Waals surface area contributed by atoms with Crippen LogP contribution in [-0.4, -0.2) is 15.5 Å². The van der Waals surface area contributed by atoms with Gasteiger partial charge in [-0.1, -0.05) is 6.07 Å². The molecule has 0 aliphatic carbocycles. The van der Waals surface area contributed by atoms with Gasteiger partial charge in [0.2, 0.25) is 0 Å². The molecule has 1 rings (SSSR count). The molecule has 0 fully saturated rings. The summed E-state index contributed by atoms with van der Waals surface area (Å²) >= 11 is 3.33. The highest BCUT2D eigenvalue weighted by atomic mass is 79.9. The second-order valence-electron chi connectivity index (χ2n) is 3.25. The van der Waals surface area contributed by atoms with Crippen molar-refractivity contribution in [2.24, 2.45) is 0 Å². The van der Waals surface area contributed by atoms with E-state index in [0.29, 0.717) is 5.69 Å². The zero-order valence-corrected chi connectivity index (χ0v) is 11.2. The SMILES string of the molecule is CNS(=O)(=O)Nc1c(C)cc(C)cc1Br. The normalized spacial score (nSPS) is 11.5. The third kappa shape index (κ3) is 3.19. The predicted molar refractivity (Wildman–Crippen MR) is 65.2 cm³/mol. The molecule has 0 aliphatic heterocycles. The minimum atomic E-state index is -3.46. The lowest BCUT2D eigenvalue weighted by atomic mass is 10.1. The van der Waals surface area contributed by atoms with Crippen LogP contribution in [0.2, 0.25) is 0 Å². The summed E-state index contributed by atoms with van der Waals surface area (Å²) in [7, 11) is -2.10. The molecule has 0 amide bonds. The van der Waals surface area contributed by atoms with E-state index in [-0.39, 0.29) is 0 Å². The number of aryl methyl sites for hydroxylation is 2. The molecule has 0 saturated carbocycles. The van der Waals surface area contributed by atoms with Crippen molar-refractivity contribution in [1.29, 1.82) is 0 Å². The van der Waals surface area contributed by atoms with Crippen molar-refractivity contribution in [2.75, 3.05) is 11.8 Å². The van der Waals surface area contributed by atoms with Crippen molar-refractivity contribution >= 4 is 31.8 Å². The Labute approximate surface area is 98.4 Å². The number of hydrogen-bond donors (Lipinski definition) is 2. The number of hydrogen-bond acceptors (Lipinski definition) is 2. The molecule has 0 aliphatic rings. The first kappa shape index (κ1) is 12.5. The highest BCUT2D eigenvalue weighted by Gasteiger charge is 2.11. The van der Waals surface area contributed by atoms with Crippen LogP contribution < -0.4 is 9.44 Å². The van der Waals surface area contributed by atoms with Gasteiger partial charge in [-0.2, -0.15) is 8.42 Å². The van der Waals surface area contributed by atoms with Gasteiger partial charge in [0.25, 0.3) is 10.2 Å². The molecule has 2 N–H and O–H groups in total. The van der Waals surface area contributed by atoms with E-state index in [0.717, 1.165) is 15.6 Å². The monoisotopic (exact) mass is 292 g/mol. The van der Waals surface area contributed by atoms with Crippen LogP contribution in [0.15, 0.2) is 16.6 Å². The van der Waals surface area contributed by atoms with E-state index in [2.05, 4.69) is 25.4 Å². The van der Waals surface area contributed by atoms with Crippen LogP contribution >= 0.6 is 15.9 Å². The summed E-state index contributed by atoms with van der Waals surface area (Å²) < 4.78 is 28.0. The average molecular weight is 293 g/mol. The Kier molecular flexibility index (Phi) is 3.75. The average Bonchev–Trinajstić information content (AvgIpc) is 2.11. The summed E-state index contributed by atoms with van der Waals surface area (Å²) in [6.45, 7) is 3.80. The van der Waals surface area contributed by atoms with Crippen molar-refractivity contribution in [3.63, 3.8) is 0 Å². The van der Waals surface area contributed by atoms with Crippen LogP contribution in [0.1, 0.15) is 11.1 Å². The summed E-state index contributed by atoms with van der Waals surface area (Å²) in [5.41, 5.74) is 2.52. The van der Waals surface area contributed by atoms with Crippen LogP contribution in [0.3, 0.4) is 0 Å². The highest BCUT2D eigenvalue weighted by Crippen LogP contribution is 2.28. The fourth-order valence-electron chi connectivity index (χ4n) is 1.23. The molecule has 1 aromatic carbocycles. The number of halogens is 1. The molecular formula is C9H13BrN2O2S. The lowest BCUT2D eigenvalue weighted by molar-refractivity contribution is 0.593. The van der Waals surface area contributed by atoms with Crippen LogP contribution in [0.5, 0.6) is 0 Å². The molecule has 0 atom stereocenters. The summed E-state index contributed by atoms with van der Waals surface area (Å²) in [5, 5.41) is 0. The predicted octanol–water partition coefficient (Wildman–Crippen LogP) is 1.94. The first-order valence-corrected chi connectivity index (χ1v) is 6.61. The number of nitrogens with one attached hydrogen (secondary N) is 2. The Balaban J connectivity index is 3.17. The molecule has 0 radical (unpaired) electrons. The summed E-state index contributed by atoms with van der Waals surface area (Å²) in [6, 6.07) is 3.78. The lowest BCUT2D eigenvalue weighted by Crippen LogP contribution is -2.26. The third-order valence-electron chi connectivity index (χ3n) is 1.94. The van der Waals surface area contributed by atoms with Crippen molar-refractivity contribution in [3.8, 4) is 0 Å². The van der Waals surface area contributed by atoms with Crippen LogP contribution in [0, 0.1) is 13.8 Å². The van der Waals surface area contributed by atoms with Gasteiger partial charge in [0, 0.05) is 11.5 Å². The van der Waals surface area contributed by atoms with E-state index in [4.69, 9.17) is 0 Å². The van der Waals surface area contributed by atoms with E-state index in [1.807, 2.05) is 26.0 Å². The van der Waals surface area contributed by atoms with Gasteiger partial charge in [-0.25, -0.2) is 4.72 Å². The summed E-state index contributed by atoms with van der Waals surface area (Å²) in [5.74, 6) is 0. The highest BCUT2D eigenvalue weighted by molar-refractivity contribution is 9.10. The van der Waals surface area contributed by atoms with Gasteiger partial charge in [-0.05, 0) is 47.0 Å². The quantitative estimate of drug-likeness (QED) is 0.895. The fraction of sp³-hybridized carbons (Fsp3) is 0.333. The van der Waals surface area contributed by atoms with Crippen LogP contribution in [0.25, 0.3) is 0 Å². The molecular weight excluding hydrogens is 280 g/mol. The van der Waals surface area contributed by atoms with Crippen LogP contribution in [-0.2, 0) is 10.2 Å². The molecule has 1 aromatic rings. The van der Waals surface area contributed by atoms with Gasteiger partial charge in [-0.3, -0.25) is 4.72 Å². The molecule has 0 aromatic heterocycles. The smallest absolute Gasteiger partial charge is 0.270 e. The van der Waals surface area contributed by atoms with Gasteiger partial charge in [0.05, 0.1) is 5.69 Å². The lowest BCUT2D eigenvalue weighted by Gasteiger charge is -2.12. The Bertz CT molecular complexity index is 448. The zero-order chi connectivity index (χ0) is 11.6. The van der Waals surface area contributed by atoms with Gasteiger partial charge in [0.1, 0.15) is 0 Å². The van der Waals surface area contributed by atoms with Crippen molar-refractivity contribution in [2.45, 2.75) is 13.8 Å². The minimum Gasteiger partial charge on any atom is -0.270 e. The maximum absolute atomic E-state index is 11.3.